The molecule has 5 rings (SSSR count). The molecule has 0 spiro atoms. The first-order valence-electron chi connectivity index (χ1n) is 12.0. The van der Waals surface area contributed by atoms with Crippen molar-refractivity contribution in [2.75, 3.05) is 12.8 Å². The molecule has 3 heterocycles. The number of hydrogen-bond donors (Lipinski definition) is 3. The minimum Gasteiger partial charge on any atom is -0.609 e. The van der Waals surface area contributed by atoms with Gasteiger partial charge < -0.3 is 29.3 Å². The fourth-order valence-corrected chi connectivity index (χ4v) is 5.92. The van der Waals surface area contributed by atoms with E-state index in [4.69, 9.17) is 27.6 Å². The molecule has 1 aliphatic rings. The summed E-state index contributed by atoms with van der Waals surface area (Å²) in [5, 5.41) is 13.0. The number of carbonyl (C=O) groups is 3. The SMILES string of the molecule is C[S+]([O-])c1ccc(CC(NC(=O)c2c(Cl)cc3c(c2Cl)CCN(C(=O)c2cc4cc(F)ccc4[nH]2)C3)C(=O)O)o1. The maximum atomic E-state index is 13.6. The van der Waals surface area contributed by atoms with Crippen LogP contribution in [-0.2, 0) is 35.4 Å². The molecule has 1 aliphatic heterocycles. The Morgan fingerprint density at radius 1 is 1.23 bits per heavy atom. The predicted octanol–water partition coefficient (Wildman–Crippen LogP) is 4.57. The standard InChI is InChI=1S/C27H22Cl2FN3O6S/c1-40(38)22-5-3-16(39-22)11-21(27(36)37)32-25(34)23-18(28)9-14-12-33(7-6-17(14)24(23)29)26(35)20-10-13-8-15(30)2-4-19(13)31-20/h2-5,8-10,21,31H,6-7,11-12H2,1H3,(H,32,34)(H,36,37). The minimum absolute atomic E-state index is 0.00226. The van der Waals surface area contributed by atoms with Crippen LogP contribution >= 0.6 is 23.2 Å². The molecule has 40 heavy (non-hydrogen) atoms. The predicted molar refractivity (Wildman–Crippen MR) is 147 cm³/mol. The number of amides is 2. The number of carbonyl (C=O) groups excluding carboxylic acids is 2. The van der Waals surface area contributed by atoms with Crippen LogP contribution < -0.4 is 5.32 Å². The fourth-order valence-electron chi connectivity index (χ4n) is 4.68. The van der Waals surface area contributed by atoms with Gasteiger partial charge in [-0.25, -0.2) is 9.18 Å². The average molecular weight is 606 g/mol. The number of rotatable bonds is 7. The van der Waals surface area contributed by atoms with Crippen molar-refractivity contribution < 1.29 is 32.9 Å². The van der Waals surface area contributed by atoms with Crippen LogP contribution in [0.5, 0.6) is 0 Å². The number of furan rings is 1. The van der Waals surface area contributed by atoms with Crippen LogP contribution in [0.1, 0.15) is 37.7 Å². The monoisotopic (exact) mass is 605 g/mol. The highest BCUT2D eigenvalue weighted by Gasteiger charge is 2.30. The molecule has 13 heteroatoms. The van der Waals surface area contributed by atoms with Gasteiger partial charge in [0.25, 0.3) is 11.8 Å². The van der Waals surface area contributed by atoms with Gasteiger partial charge in [0.1, 0.15) is 29.6 Å². The molecule has 0 radical (unpaired) electrons. The first-order chi connectivity index (χ1) is 19.0. The molecule has 208 valence electrons. The van der Waals surface area contributed by atoms with Crippen LogP contribution in [0.15, 0.2) is 52.0 Å². The number of nitrogens with one attached hydrogen (secondary N) is 2. The molecule has 0 fully saturated rings. The number of aliphatic carboxylic acids is 1. The summed E-state index contributed by atoms with van der Waals surface area (Å²) >= 11 is 11.7. The first kappa shape index (κ1) is 28.0. The zero-order valence-corrected chi connectivity index (χ0v) is 23.3. The van der Waals surface area contributed by atoms with E-state index in [-0.39, 0.29) is 45.3 Å². The Labute approximate surface area is 240 Å². The lowest BCUT2D eigenvalue weighted by Gasteiger charge is -2.30. The van der Waals surface area contributed by atoms with Gasteiger partial charge in [-0.15, -0.1) is 0 Å². The summed E-state index contributed by atoms with van der Waals surface area (Å²) in [5.41, 5.74) is 2.16. The minimum atomic E-state index is -1.38. The Kier molecular flexibility index (Phi) is 7.83. The summed E-state index contributed by atoms with van der Waals surface area (Å²) in [6.45, 7) is 0.478. The second-order valence-corrected chi connectivity index (χ2v) is 11.4. The first-order valence-corrected chi connectivity index (χ1v) is 14.4. The number of halogens is 3. The fraction of sp³-hybridized carbons (Fsp3) is 0.222. The number of aromatic amines is 1. The lowest BCUT2D eigenvalue weighted by atomic mass is 9.96. The Balaban J connectivity index is 1.33. The van der Waals surface area contributed by atoms with Gasteiger partial charge in [-0.3, -0.25) is 9.59 Å². The molecular weight excluding hydrogens is 584 g/mol. The normalized spacial score (nSPS) is 14.6. The van der Waals surface area contributed by atoms with E-state index in [1.54, 1.807) is 23.1 Å². The molecule has 0 saturated carbocycles. The van der Waals surface area contributed by atoms with Crippen molar-refractivity contribution in [1.82, 2.24) is 15.2 Å². The number of aromatic nitrogens is 1. The van der Waals surface area contributed by atoms with Gasteiger partial charge in [-0.05, 0) is 53.9 Å². The van der Waals surface area contributed by atoms with Crippen LogP contribution in [-0.4, -0.2) is 56.2 Å². The summed E-state index contributed by atoms with van der Waals surface area (Å²) < 4.78 is 30.5. The second-order valence-electron chi connectivity index (χ2n) is 9.32. The van der Waals surface area contributed by atoms with Crippen molar-refractivity contribution in [2.45, 2.75) is 30.5 Å². The third kappa shape index (κ3) is 5.55. The van der Waals surface area contributed by atoms with Gasteiger partial charge in [0.15, 0.2) is 0 Å². The molecule has 2 aromatic carbocycles. The topological polar surface area (TPSA) is 139 Å². The summed E-state index contributed by atoms with van der Waals surface area (Å²) in [5.74, 6) is -2.53. The zero-order chi connectivity index (χ0) is 28.7. The van der Waals surface area contributed by atoms with Gasteiger partial charge in [0, 0.05) is 47.7 Å². The maximum absolute atomic E-state index is 13.6. The number of benzene rings is 2. The van der Waals surface area contributed by atoms with Crippen molar-refractivity contribution in [3.05, 3.63) is 86.5 Å². The number of carboxylic acid groups (broad SMARTS) is 1. The van der Waals surface area contributed by atoms with Crippen molar-refractivity contribution in [1.29, 1.82) is 0 Å². The van der Waals surface area contributed by atoms with Crippen molar-refractivity contribution in [3.8, 4) is 0 Å². The molecule has 3 N–H and O–H groups in total. The molecule has 2 aromatic heterocycles. The van der Waals surface area contributed by atoms with Gasteiger partial charge in [-0.2, -0.15) is 0 Å². The third-order valence-corrected chi connectivity index (χ3v) is 8.16. The molecule has 4 aromatic rings. The largest absolute Gasteiger partial charge is 0.609 e. The highest BCUT2D eigenvalue weighted by atomic mass is 35.5. The smallest absolute Gasteiger partial charge is 0.326 e. The molecule has 0 aliphatic carbocycles. The molecule has 9 nitrogen and oxygen atoms in total. The van der Waals surface area contributed by atoms with Gasteiger partial charge >= 0.3 is 11.1 Å². The molecule has 2 atom stereocenters. The average Bonchev–Trinajstić information content (AvgIpc) is 3.54. The van der Waals surface area contributed by atoms with E-state index < -0.39 is 34.9 Å². The number of nitrogens with zero attached hydrogens (tertiary/aromatic N) is 1. The van der Waals surface area contributed by atoms with Crippen LogP contribution in [0.3, 0.4) is 0 Å². The second kappa shape index (κ2) is 11.2. The number of hydrogen-bond acceptors (Lipinski definition) is 5. The van der Waals surface area contributed by atoms with E-state index in [9.17, 15) is 28.4 Å². The highest BCUT2D eigenvalue weighted by Crippen LogP contribution is 2.35. The van der Waals surface area contributed by atoms with Crippen molar-refractivity contribution in [3.63, 3.8) is 0 Å². The molecule has 0 bridgehead atoms. The van der Waals surface area contributed by atoms with E-state index in [1.807, 2.05) is 0 Å². The van der Waals surface area contributed by atoms with E-state index >= 15 is 0 Å². The van der Waals surface area contributed by atoms with E-state index in [2.05, 4.69) is 10.3 Å². The van der Waals surface area contributed by atoms with E-state index in [0.717, 1.165) is 0 Å². The van der Waals surface area contributed by atoms with Gasteiger partial charge in [-0.1, -0.05) is 23.2 Å². The molecule has 2 unspecified atom stereocenters. The summed E-state index contributed by atoms with van der Waals surface area (Å²) in [6.07, 6.45) is 1.58. The van der Waals surface area contributed by atoms with Gasteiger partial charge in [0.2, 0.25) is 0 Å². The Hall–Kier alpha value is -3.51. The lowest BCUT2D eigenvalue weighted by Crippen LogP contribution is -2.42. The zero-order valence-electron chi connectivity index (χ0n) is 20.9. The summed E-state index contributed by atoms with van der Waals surface area (Å²) in [6, 6.07) is 8.97. The van der Waals surface area contributed by atoms with Gasteiger partial charge in [0.05, 0.1) is 15.6 Å². The van der Waals surface area contributed by atoms with E-state index in [1.165, 1.54) is 30.5 Å². The summed E-state index contributed by atoms with van der Waals surface area (Å²) in [7, 11) is 0. The molecule has 0 saturated heterocycles. The quantitative estimate of drug-likeness (QED) is 0.264. The summed E-state index contributed by atoms with van der Waals surface area (Å²) in [4.78, 5) is 42.8. The number of H-pyrrole nitrogens is 1. The Morgan fingerprint density at radius 2 is 2.00 bits per heavy atom. The van der Waals surface area contributed by atoms with Crippen molar-refractivity contribution in [2.24, 2.45) is 0 Å². The Morgan fingerprint density at radius 3 is 2.70 bits per heavy atom. The lowest BCUT2D eigenvalue weighted by molar-refractivity contribution is -0.139. The molecule has 2 amide bonds. The van der Waals surface area contributed by atoms with Crippen LogP contribution in [0, 0.1) is 5.82 Å². The number of fused-ring (bicyclic) bond motifs is 2. The Bertz CT molecular complexity index is 1650. The molecular formula is C27H22Cl2FN3O6S. The third-order valence-electron chi connectivity index (χ3n) is 6.66. The highest BCUT2D eigenvalue weighted by molar-refractivity contribution is 7.90. The maximum Gasteiger partial charge on any atom is 0.326 e. The van der Waals surface area contributed by atoms with Crippen LogP contribution in [0.4, 0.5) is 4.39 Å². The van der Waals surface area contributed by atoms with Crippen LogP contribution in [0.2, 0.25) is 10.0 Å². The van der Waals surface area contributed by atoms with Crippen molar-refractivity contribution >= 4 is 63.1 Å². The number of carboxylic acids is 1. The van der Waals surface area contributed by atoms with Crippen LogP contribution in [0.25, 0.3) is 10.9 Å². The van der Waals surface area contributed by atoms with E-state index in [0.29, 0.717) is 40.7 Å².